The molecule has 32 heavy (non-hydrogen) atoms. The summed E-state index contributed by atoms with van der Waals surface area (Å²) in [4.78, 5) is 25.3. The van der Waals surface area contributed by atoms with Crippen LogP contribution < -0.4 is 20.9 Å². The first-order valence-corrected chi connectivity index (χ1v) is 10.9. The normalized spacial score (nSPS) is 14.2. The van der Waals surface area contributed by atoms with E-state index in [1.54, 1.807) is 24.3 Å². The fraction of sp³-hybridized carbons (Fsp3) is 0.227. The smallest absolute Gasteiger partial charge is 0.324 e. The summed E-state index contributed by atoms with van der Waals surface area (Å²) >= 11 is 11.9. The van der Waals surface area contributed by atoms with E-state index in [2.05, 4.69) is 54.9 Å². The lowest BCUT2D eigenvalue weighted by Crippen LogP contribution is -2.44. The van der Waals surface area contributed by atoms with E-state index in [4.69, 9.17) is 23.2 Å². The first-order valence-electron chi connectivity index (χ1n) is 10.1. The maximum Gasteiger partial charge on any atom is 0.324 e. The molecule has 0 aliphatic carbocycles. The van der Waals surface area contributed by atoms with Gasteiger partial charge in [-0.2, -0.15) is 0 Å². The van der Waals surface area contributed by atoms with Crippen molar-refractivity contribution in [3.63, 3.8) is 0 Å². The maximum atomic E-state index is 12.3. The predicted molar refractivity (Wildman–Crippen MR) is 131 cm³/mol. The Kier molecular flexibility index (Phi) is 6.94. The van der Waals surface area contributed by atoms with Crippen molar-refractivity contribution in [1.29, 1.82) is 0 Å². The molecule has 3 aromatic rings. The zero-order valence-corrected chi connectivity index (χ0v) is 19.0. The lowest BCUT2D eigenvalue weighted by Gasteiger charge is -2.34. The van der Waals surface area contributed by atoms with Crippen LogP contribution in [-0.4, -0.2) is 54.1 Å². The minimum atomic E-state index is -0.468. The van der Waals surface area contributed by atoms with Gasteiger partial charge in [-0.05, 0) is 49.5 Å². The van der Waals surface area contributed by atoms with Crippen LogP contribution in [0.15, 0.2) is 54.9 Å². The number of likely N-dealkylation sites (N-methyl/N-ethyl adjacent to an activating group) is 1. The van der Waals surface area contributed by atoms with E-state index in [0.717, 1.165) is 31.9 Å². The summed E-state index contributed by atoms with van der Waals surface area (Å²) in [6.07, 6.45) is 1.38. The minimum absolute atomic E-state index is 0.349. The Morgan fingerprint density at radius 1 is 0.844 bits per heavy atom. The molecule has 1 aliphatic heterocycles. The van der Waals surface area contributed by atoms with E-state index in [1.165, 1.54) is 12.0 Å². The summed E-state index contributed by atoms with van der Waals surface area (Å²) in [5, 5.41) is 9.44. The summed E-state index contributed by atoms with van der Waals surface area (Å²) in [7, 11) is 2.14. The zero-order chi connectivity index (χ0) is 22.5. The molecule has 0 radical (unpaired) electrons. The van der Waals surface area contributed by atoms with Crippen LogP contribution >= 0.6 is 23.2 Å². The van der Waals surface area contributed by atoms with Gasteiger partial charge >= 0.3 is 6.03 Å². The Balaban J connectivity index is 1.36. The number of halogens is 2. The van der Waals surface area contributed by atoms with Crippen molar-refractivity contribution in [2.45, 2.75) is 0 Å². The second-order valence-electron chi connectivity index (χ2n) is 7.49. The fourth-order valence-electron chi connectivity index (χ4n) is 3.37. The predicted octanol–water partition coefficient (Wildman–Crippen LogP) is 4.92. The van der Waals surface area contributed by atoms with Crippen molar-refractivity contribution >= 4 is 57.9 Å². The fourth-order valence-corrected chi connectivity index (χ4v) is 3.89. The van der Waals surface area contributed by atoms with Gasteiger partial charge in [0.25, 0.3) is 0 Å². The van der Waals surface area contributed by atoms with Crippen molar-refractivity contribution < 1.29 is 4.79 Å². The maximum absolute atomic E-state index is 12.3. The molecule has 0 unspecified atom stereocenters. The molecular formula is C22H23Cl2N7O. The summed E-state index contributed by atoms with van der Waals surface area (Å²) in [5.74, 6) is 0.913. The Bertz CT molecular complexity index is 1070. The van der Waals surface area contributed by atoms with Crippen molar-refractivity contribution in [2.24, 2.45) is 0 Å². The lowest BCUT2D eigenvalue weighted by molar-refractivity contribution is 0.262. The molecule has 8 nitrogen and oxygen atoms in total. The van der Waals surface area contributed by atoms with Crippen LogP contribution in [-0.2, 0) is 0 Å². The van der Waals surface area contributed by atoms with Crippen LogP contribution in [0.25, 0.3) is 0 Å². The topological polar surface area (TPSA) is 85.4 Å². The number of hydrogen-bond donors (Lipinski definition) is 3. The number of benzene rings is 2. The van der Waals surface area contributed by atoms with E-state index in [-0.39, 0.29) is 0 Å². The van der Waals surface area contributed by atoms with Gasteiger partial charge in [-0.25, -0.2) is 14.8 Å². The summed E-state index contributed by atoms with van der Waals surface area (Å²) in [5.41, 5.74) is 2.57. The molecule has 2 amide bonds. The van der Waals surface area contributed by atoms with Crippen molar-refractivity contribution in [3.05, 3.63) is 64.9 Å². The third kappa shape index (κ3) is 6.00. The van der Waals surface area contributed by atoms with E-state index in [0.29, 0.717) is 27.4 Å². The molecule has 1 saturated heterocycles. The van der Waals surface area contributed by atoms with Gasteiger partial charge in [0.1, 0.15) is 18.0 Å². The Morgan fingerprint density at radius 2 is 1.50 bits per heavy atom. The summed E-state index contributed by atoms with van der Waals surface area (Å²) in [6, 6.07) is 14.2. The molecule has 0 saturated carbocycles. The van der Waals surface area contributed by atoms with Gasteiger partial charge in [-0.1, -0.05) is 23.2 Å². The second-order valence-corrected chi connectivity index (χ2v) is 8.36. The number of nitrogens with zero attached hydrogens (tertiary/aromatic N) is 4. The van der Waals surface area contributed by atoms with Crippen LogP contribution in [0.2, 0.25) is 10.0 Å². The van der Waals surface area contributed by atoms with Gasteiger partial charge in [0.15, 0.2) is 0 Å². The average Bonchev–Trinajstić information content (AvgIpc) is 2.74. The lowest BCUT2D eigenvalue weighted by atomic mass is 10.2. The highest BCUT2D eigenvalue weighted by atomic mass is 35.5. The molecule has 10 heteroatoms. The number of piperazine rings is 1. The van der Waals surface area contributed by atoms with E-state index >= 15 is 0 Å². The standard InChI is InChI=1S/C22H23Cl2N7O/c1-30-6-8-31(9-7-30)19-4-2-17(3-5-19)27-20-13-21(26-14-25-20)29-22(32)28-18-11-15(23)10-16(24)12-18/h2-5,10-14H,6-9H2,1H3,(H3,25,26,27,28,29,32). The number of carbonyl (C=O) groups excluding carboxylic acids is 1. The largest absolute Gasteiger partial charge is 0.369 e. The molecule has 2 aromatic carbocycles. The molecule has 1 aromatic heterocycles. The third-order valence-corrected chi connectivity index (χ3v) is 5.47. The summed E-state index contributed by atoms with van der Waals surface area (Å²) < 4.78 is 0. The number of hydrogen-bond acceptors (Lipinski definition) is 6. The van der Waals surface area contributed by atoms with Crippen molar-refractivity contribution in [3.8, 4) is 0 Å². The van der Waals surface area contributed by atoms with E-state index in [1.807, 2.05) is 12.1 Å². The van der Waals surface area contributed by atoms with Crippen molar-refractivity contribution in [1.82, 2.24) is 14.9 Å². The molecule has 0 spiro atoms. The monoisotopic (exact) mass is 471 g/mol. The second kappa shape index (κ2) is 10.0. The number of urea groups is 1. The van der Waals surface area contributed by atoms with E-state index in [9.17, 15) is 4.79 Å². The average molecular weight is 472 g/mol. The zero-order valence-electron chi connectivity index (χ0n) is 17.5. The number of amides is 2. The van der Waals surface area contributed by atoms with E-state index < -0.39 is 6.03 Å². The molecule has 3 N–H and O–H groups in total. The first-order chi connectivity index (χ1) is 15.4. The molecule has 1 fully saturated rings. The molecule has 166 valence electrons. The highest BCUT2D eigenvalue weighted by molar-refractivity contribution is 6.35. The number of aromatic nitrogens is 2. The van der Waals surface area contributed by atoms with Crippen LogP contribution in [0.5, 0.6) is 0 Å². The number of carbonyl (C=O) groups is 1. The van der Waals surface area contributed by atoms with Crippen LogP contribution in [0.3, 0.4) is 0 Å². The van der Waals surface area contributed by atoms with Gasteiger partial charge in [0.2, 0.25) is 0 Å². The minimum Gasteiger partial charge on any atom is -0.369 e. The molecule has 0 atom stereocenters. The molecule has 2 heterocycles. The SMILES string of the molecule is CN1CCN(c2ccc(Nc3cc(NC(=O)Nc4cc(Cl)cc(Cl)c4)ncn3)cc2)CC1. The van der Waals surface area contributed by atoms with Crippen LogP contribution in [0.1, 0.15) is 0 Å². The van der Waals surface area contributed by atoms with Gasteiger partial charge in [0.05, 0.1) is 0 Å². The Hall–Kier alpha value is -3.07. The Morgan fingerprint density at radius 3 is 2.19 bits per heavy atom. The number of anilines is 5. The van der Waals surface area contributed by atoms with Crippen molar-refractivity contribution in [2.75, 3.05) is 54.1 Å². The molecular weight excluding hydrogens is 449 g/mol. The van der Waals surface area contributed by atoms with Gasteiger partial charge in [-0.3, -0.25) is 5.32 Å². The highest BCUT2D eigenvalue weighted by Gasteiger charge is 2.14. The molecule has 0 bridgehead atoms. The highest BCUT2D eigenvalue weighted by Crippen LogP contribution is 2.24. The first kappa shape index (κ1) is 22.1. The third-order valence-electron chi connectivity index (χ3n) is 5.04. The molecule has 4 rings (SSSR count). The van der Waals surface area contributed by atoms with Crippen LogP contribution in [0.4, 0.5) is 33.5 Å². The Labute approximate surface area is 196 Å². The van der Waals surface area contributed by atoms with Gasteiger partial charge in [-0.15, -0.1) is 0 Å². The van der Waals surface area contributed by atoms with Crippen LogP contribution in [0, 0.1) is 0 Å². The summed E-state index contributed by atoms with van der Waals surface area (Å²) in [6.45, 7) is 4.17. The van der Waals surface area contributed by atoms with Gasteiger partial charge in [0, 0.05) is 59.4 Å². The van der Waals surface area contributed by atoms with Gasteiger partial charge < -0.3 is 20.4 Å². The number of nitrogens with one attached hydrogen (secondary N) is 3. The molecule has 1 aliphatic rings. The number of rotatable bonds is 5. The quantitative estimate of drug-likeness (QED) is 0.489.